The summed E-state index contributed by atoms with van der Waals surface area (Å²) in [7, 11) is 4.07. The molecule has 1 aliphatic heterocycles. The standard InChI is InChI=1S/C23H30FN3O/c1-26(2)22(19-9-4-3-5-10-19)15-25-23(28)20-11-7-13-27(17-20)16-18-8-6-12-21(24)14-18/h3-6,8-10,12,14,20,22H,7,11,13,15-17H2,1-2H3,(H,25,28). The van der Waals surface area contributed by atoms with Gasteiger partial charge in [0, 0.05) is 19.6 Å². The molecular weight excluding hydrogens is 353 g/mol. The van der Waals surface area contributed by atoms with Crippen molar-refractivity contribution < 1.29 is 9.18 Å². The summed E-state index contributed by atoms with van der Waals surface area (Å²) in [5, 5.41) is 3.16. The third-order valence-corrected chi connectivity index (χ3v) is 5.45. The molecular formula is C23H30FN3O. The molecule has 1 N–H and O–H groups in total. The van der Waals surface area contributed by atoms with Gasteiger partial charge in [-0.3, -0.25) is 9.69 Å². The number of carbonyl (C=O) groups excluding carboxylic acids is 1. The number of hydrogen-bond donors (Lipinski definition) is 1. The zero-order valence-electron chi connectivity index (χ0n) is 16.8. The monoisotopic (exact) mass is 383 g/mol. The highest BCUT2D eigenvalue weighted by atomic mass is 19.1. The van der Waals surface area contributed by atoms with Crippen LogP contribution < -0.4 is 5.32 Å². The fourth-order valence-electron chi connectivity index (χ4n) is 3.92. The van der Waals surface area contributed by atoms with Crippen molar-refractivity contribution in [3.63, 3.8) is 0 Å². The van der Waals surface area contributed by atoms with E-state index in [9.17, 15) is 9.18 Å². The number of hydrogen-bond acceptors (Lipinski definition) is 3. The van der Waals surface area contributed by atoms with Crippen LogP contribution in [0.1, 0.15) is 30.0 Å². The van der Waals surface area contributed by atoms with E-state index in [0.29, 0.717) is 13.1 Å². The zero-order chi connectivity index (χ0) is 19.9. The number of nitrogens with zero attached hydrogens (tertiary/aromatic N) is 2. The Labute approximate surface area is 167 Å². The van der Waals surface area contributed by atoms with Crippen molar-refractivity contribution >= 4 is 5.91 Å². The first kappa shape index (κ1) is 20.5. The minimum absolute atomic E-state index is 0.0131. The van der Waals surface area contributed by atoms with E-state index >= 15 is 0 Å². The SMILES string of the molecule is CN(C)C(CNC(=O)C1CCCN(Cc2cccc(F)c2)C1)c1ccccc1. The molecule has 0 aromatic heterocycles. The summed E-state index contributed by atoms with van der Waals surface area (Å²) in [5.74, 6) is -0.105. The molecule has 2 aromatic carbocycles. The van der Waals surface area contributed by atoms with Crippen LogP contribution in [0.15, 0.2) is 54.6 Å². The fraction of sp³-hybridized carbons (Fsp3) is 0.435. The van der Waals surface area contributed by atoms with Gasteiger partial charge in [-0.1, -0.05) is 42.5 Å². The molecule has 150 valence electrons. The predicted octanol–water partition coefficient (Wildman–Crippen LogP) is 3.46. The molecule has 0 spiro atoms. The van der Waals surface area contributed by atoms with Gasteiger partial charge >= 0.3 is 0 Å². The largest absolute Gasteiger partial charge is 0.354 e. The fourth-order valence-corrected chi connectivity index (χ4v) is 3.92. The van der Waals surface area contributed by atoms with Crippen LogP contribution in [0.4, 0.5) is 4.39 Å². The van der Waals surface area contributed by atoms with E-state index in [4.69, 9.17) is 0 Å². The molecule has 0 radical (unpaired) electrons. The lowest BCUT2D eigenvalue weighted by Gasteiger charge is -2.33. The molecule has 5 heteroatoms. The number of carbonyl (C=O) groups is 1. The molecule has 1 heterocycles. The van der Waals surface area contributed by atoms with E-state index in [1.165, 1.54) is 11.6 Å². The number of amides is 1. The third kappa shape index (κ3) is 5.63. The molecule has 1 amide bonds. The van der Waals surface area contributed by atoms with Crippen molar-refractivity contribution in [2.24, 2.45) is 5.92 Å². The van der Waals surface area contributed by atoms with Gasteiger partial charge in [0.05, 0.1) is 12.0 Å². The Hall–Kier alpha value is -2.24. The van der Waals surface area contributed by atoms with Crippen LogP contribution in [-0.4, -0.2) is 49.4 Å². The summed E-state index contributed by atoms with van der Waals surface area (Å²) in [4.78, 5) is 17.2. The molecule has 3 rings (SSSR count). The lowest BCUT2D eigenvalue weighted by atomic mass is 9.96. The molecule has 0 bridgehead atoms. The first-order valence-electron chi connectivity index (χ1n) is 9.99. The predicted molar refractivity (Wildman–Crippen MR) is 110 cm³/mol. The number of likely N-dealkylation sites (N-methyl/N-ethyl adjacent to an activating group) is 1. The van der Waals surface area contributed by atoms with Crippen LogP contribution in [0.2, 0.25) is 0 Å². The van der Waals surface area contributed by atoms with Crippen molar-refractivity contribution in [1.82, 2.24) is 15.1 Å². The van der Waals surface area contributed by atoms with E-state index in [1.807, 2.05) is 38.4 Å². The number of piperidine rings is 1. The van der Waals surface area contributed by atoms with E-state index in [0.717, 1.165) is 31.5 Å². The third-order valence-electron chi connectivity index (χ3n) is 5.45. The van der Waals surface area contributed by atoms with Crippen molar-refractivity contribution in [1.29, 1.82) is 0 Å². The maximum Gasteiger partial charge on any atom is 0.224 e. The molecule has 4 nitrogen and oxygen atoms in total. The Morgan fingerprint density at radius 2 is 2.00 bits per heavy atom. The highest BCUT2D eigenvalue weighted by Crippen LogP contribution is 2.21. The van der Waals surface area contributed by atoms with Gasteiger partial charge < -0.3 is 10.2 Å². The van der Waals surface area contributed by atoms with Crippen molar-refractivity contribution in [3.8, 4) is 0 Å². The summed E-state index contributed by atoms with van der Waals surface area (Å²) in [6, 6.07) is 17.1. The van der Waals surface area contributed by atoms with Crippen LogP contribution in [0.5, 0.6) is 0 Å². The van der Waals surface area contributed by atoms with E-state index in [2.05, 4.69) is 27.2 Å². The highest BCUT2D eigenvalue weighted by Gasteiger charge is 2.26. The van der Waals surface area contributed by atoms with Crippen LogP contribution in [0.3, 0.4) is 0 Å². The van der Waals surface area contributed by atoms with E-state index in [1.54, 1.807) is 12.1 Å². The van der Waals surface area contributed by atoms with Gasteiger partial charge in [0.25, 0.3) is 0 Å². The highest BCUT2D eigenvalue weighted by molar-refractivity contribution is 5.79. The average Bonchev–Trinajstić information content (AvgIpc) is 2.69. The van der Waals surface area contributed by atoms with Gasteiger partial charge in [-0.25, -0.2) is 4.39 Å². The van der Waals surface area contributed by atoms with Gasteiger partial charge in [-0.05, 0) is 56.7 Å². The molecule has 28 heavy (non-hydrogen) atoms. The normalized spacial score (nSPS) is 18.8. The van der Waals surface area contributed by atoms with E-state index in [-0.39, 0.29) is 23.7 Å². The lowest BCUT2D eigenvalue weighted by molar-refractivity contribution is -0.127. The molecule has 2 atom stereocenters. The summed E-state index contributed by atoms with van der Waals surface area (Å²) in [6.07, 6.45) is 1.90. The second kappa shape index (κ2) is 9.80. The number of rotatable bonds is 7. The minimum Gasteiger partial charge on any atom is -0.354 e. The molecule has 1 saturated heterocycles. The number of halogens is 1. The van der Waals surface area contributed by atoms with E-state index < -0.39 is 0 Å². The Kier molecular flexibility index (Phi) is 7.18. The van der Waals surface area contributed by atoms with Crippen molar-refractivity contribution in [2.75, 3.05) is 33.7 Å². The number of benzene rings is 2. The number of likely N-dealkylation sites (tertiary alicyclic amines) is 1. The Balaban J connectivity index is 1.54. The molecule has 2 aromatic rings. The smallest absolute Gasteiger partial charge is 0.224 e. The Morgan fingerprint density at radius 3 is 2.71 bits per heavy atom. The molecule has 1 aliphatic rings. The molecule has 1 fully saturated rings. The van der Waals surface area contributed by atoms with Crippen molar-refractivity contribution in [2.45, 2.75) is 25.4 Å². The first-order chi connectivity index (χ1) is 13.5. The van der Waals surface area contributed by atoms with Gasteiger partial charge in [-0.2, -0.15) is 0 Å². The average molecular weight is 384 g/mol. The summed E-state index contributed by atoms with van der Waals surface area (Å²) >= 11 is 0. The second-order valence-electron chi connectivity index (χ2n) is 7.84. The lowest BCUT2D eigenvalue weighted by Crippen LogP contribution is -2.44. The van der Waals surface area contributed by atoms with Crippen LogP contribution >= 0.6 is 0 Å². The maximum atomic E-state index is 13.4. The summed E-state index contributed by atoms with van der Waals surface area (Å²) < 4.78 is 13.4. The summed E-state index contributed by atoms with van der Waals surface area (Å²) in [6.45, 7) is 2.95. The Morgan fingerprint density at radius 1 is 1.21 bits per heavy atom. The quantitative estimate of drug-likeness (QED) is 0.795. The van der Waals surface area contributed by atoms with Gasteiger partial charge in [-0.15, -0.1) is 0 Å². The van der Waals surface area contributed by atoms with Crippen LogP contribution in [-0.2, 0) is 11.3 Å². The maximum absolute atomic E-state index is 13.4. The van der Waals surface area contributed by atoms with Crippen LogP contribution in [0, 0.1) is 11.7 Å². The second-order valence-corrected chi connectivity index (χ2v) is 7.84. The van der Waals surface area contributed by atoms with Crippen molar-refractivity contribution in [3.05, 3.63) is 71.5 Å². The molecule has 0 saturated carbocycles. The molecule has 0 aliphatic carbocycles. The zero-order valence-corrected chi connectivity index (χ0v) is 16.8. The topological polar surface area (TPSA) is 35.6 Å². The minimum atomic E-state index is -0.209. The van der Waals surface area contributed by atoms with Crippen LogP contribution in [0.25, 0.3) is 0 Å². The van der Waals surface area contributed by atoms with Gasteiger partial charge in [0.2, 0.25) is 5.91 Å². The summed E-state index contributed by atoms with van der Waals surface area (Å²) in [5.41, 5.74) is 2.15. The first-order valence-corrected chi connectivity index (χ1v) is 9.99. The Bertz CT molecular complexity index is 765. The van der Waals surface area contributed by atoms with Gasteiger partial charge in [0.1, 0.15) is 5.82 Å². The van der Waals surface area contributed by atoms with Gasteiger partial charge in [0.15, 0.2) is 0 Å². The molecule has 2 unspecified atom stereocenters. The number of nitrogens with one attached hydrogen (secondary N) is 1.